The molecule has 1 heterocycles. The lowest BCUT2D eigenvalue weighted by Gasteiger charge is -2.68. The van der Waals surface area contributed by atoms with Gasteiger partial charge in [0.1, 0.15) is 29.7 Å². The van der Waals surface area contributed by atoms with Crippen LogP contribution in [0.25, 0.3) is 6.08 Å². The summed E-state index contributed by atoms with van der Waals surface area (Å²) in [7, 11) is 1.53. The van der Waals surface area contributed by atoms with Crippen LogP contribution in [0, 0.1) is 16.7 Å². The third-order valence-electron chi connectivity index (χ3n) is 13.7. The SMILES string of the molecule is COc1ccc(C(=O)c2cccc(/C=C/C(=O)O[C@H]3C[C@H]4OC[C@@]4(OC(C)=O)[C@H]4[C@H](OCc5ccccc5)[C@]5(O)C[C@H](OC(C)=O)C(C)=C([C@@H](OC(C)=O)C(=O)[C@]34C)C5(C)C)c2)cc1. The monoisotopic (exact) mass is 878 g/mol. The molecule has 3 aromatic carbocycles. The molecule has 3 fully saturated rings. The van der Waals surface area contributed by atoms with Crippen LogP contribution >= 0.6 is 0 Å². The minimum atomic E-state index is -2.05. The van der Waals surface area contributed by atoms with Crippen molar-refractivity contribution in [2.45, 2.75) is 110 Å². The van der Waals surface area contributed by atoms with Crippen molar-refractivity contribution in [3.05, 3.63) is 118 Å². The van der Waals surface area contributed by atoms with E-state index in [1.165, 1.54) is 33.1 Å². The fourth-order valence-electron chi connectivity index (χ4n) is 10.5. The number of carbonyl (C=O) groups is 6. The summed E-state index contributed by atoms with van der Waals surface area (Å²) in [5, 5.41) is 13.6. The van der Waals surface area contributed by atoms with E-state index in [0.29, 0.717) is 28.0 Å². The first kappa shape index (κ1) is 46.0. The topological polar surface area (TPSA) is 187 Å². The maximum Gasteiger partial charge on any atom is 0.331 e. The fraction of sp³-hybridized carbons (Fsp3) is 0.440. The summed E-state index contributed by atoms with van der Waals surface area (Å²) in [4.78, 5) is 82.2. The van der Waals surface area contributed by atoms with E-state index in [4.69, 9.17) is 33.2 Å². The molecule has 0 amide bonds. The number of Topliss-reactive ketones (excluding diaryl/α,β-unsaturated/α-hetero) is 1. The van der Waals surface area contributed by atoms with E-state index in [1.54, 1.807) is 76.2 Å². The maximum atomic E-state index is 15.9. The largest absolute Gasteiger partial charge is 0.497 e. The highest BCUT2D eigenvalue weighted by atomic mass is 16.6. The van der Waals surface area contributed by atoms with Crippen LogP contribution in [0.1, 0.15) is 88.4 Å². The van der Waals surface area contributed by atoms with Crippen LogP contribution in [0.3, 0.4) is 0 Å². The van der Waals surface area contributed by atoms with E-state index < -0.39 is 88.1 Å². The average molecular weight is 879 g/mol. The van der Waals surface area contributed by atoms with Crippen LogP contribution in [0.4, 0.5) is 0 Å². The van der Waals surface area contributed by atoms with Gasteiger partial charge in [0.2, 0.25) is 0 Å². The second-order valence-electron chi connectivity index (χ2n) is 17.8. The number of esters is 4. The second kappa shape index (κ2) is 17.5. The Morgan fingerprint density at radius 1 is 0.844 bits per heavy atom. The van der Waals surface area contributed by atoms with Crippen LogP contribution in [0.5, 0.6) is 5.75 Å². The van der Waals surface area contributed by atoms with Gasteiger partial charge < -0.3 is 38.3 Å². The number of aliphatic hydroxyl groups is 1. The molecular weight excluding hydrogens is 825 g/mol. The van der Waals surface area contributed by atoms with Gasteiger partial charge in [-0.25, -0.2) is 4.79 Å². The van der Waals surface area contributed by atoms with Crippen LogP contribution in [0.2, 0.25) is 0 Å². The second-order valence-corrected chi connectivity index (χ2v) is 17.8. The third kappa shape index (κ3) is 8.07. The molecule has 3 aromatic rings. The minimum absolute atomic E-state index is 0.0802. The molecule has 2 saturated carbocycles. The summed E-state index contributed by atoms with van der Waals surface area (Å²) >= 11 is 0. The van der Waals surface area contributed by atoms with Gasteiger partial charge in [0.25, 0.3) is 0 Å². The first-order valence-electron chi connectivity index (χ1n) is 21.2. The molecule has 0 radical (unpaired) electrons. The standard InChI is InChI=1S/C50H54O14/c1-28-37(61-29(2)51)25-50(57)46(59-26-33-13-10-9-11-14-33)44-48(7,45(56)43(62-30(3)52)41(28)47(50,5)6)38(24-39-49(44,27-60-39)64-31(4)53)63-40(54)22-17-32-15-12-16-35(23-32)42(55)34-18-20-36(58-8)21-19-34/h9-23,37-39,43-44,46,57H,24-27H2,1-8H3/b22-17+/t37-,38-,39+,43+,44-,46-,48+,49-,50+/m0/s1. The molecule has 14 heteroatoms. The molecule has 1 N–H and O–H groups in total. The zero-order valence-electron chi connectivity index (χ0n) is 37.2. The Bertz CT molecular complexity index is 2400. The quantitative estimate of drug-likeness (QED) is 0.0724. The molecule has 3 aliphatic carbocycles. The van der Waals surface area contributed by atoms with Gasteiger partial charge in [-0.15, -0.1) is 0 Å². The number of ether oxygens (including phenoxy) is 7. The zero-order chi connectivity index (χ0) is 46.4. The van der Waals surface area contributed by atoms with Gasteiger partial charge in [-0.2, -0.15) is 0 Å². The molecule has 2 bridgehead atoms. The molecule has 7 rings (SSSR count). The zero-order valence-corrected chi connectivity index (χ0v) is 37.2. The molecule has 1 saturated heterocycles. The first-order chi connectivity index (χ1) is 30.3. The number of hydrogen-bond acceptors (Lipinski definition) is 14. The minimum Gasteiger partial charge on any atom is -0.497 e. The highest BCUT2D eigenvalue weighted by Crippen LogP contribution is 2.65. The van der Waals surface area contributed by atoms with Crippen molar-refractivity contribution in [3.63, 3.8) is 0 Å². The number of ketones is 2. The summed E-state index contributed by atoms with van der Waals surface area (Å²) < 4.78 is 42.5. The number of fused-ring (bicyclic) bond motifs is 5. The number of methoxy groups -OCH3 is 1. The number of carbonyl (C=O) groups excluding carboxylic acids is 6. The van der Waals surface area contributed by atoms with Crippen LogP contribution in [-0.4, -0.2) is 96.0 Å². The Balaban J connectivity index is 1.35. The van der Waals surface area contributed by atoms with Crippen molar-refractivity contribution in [1.82, 2.24) is 0 Å². The van der Waals surface area contributed by atoms with E-state index in [1.807, 2.05) is 30.3 Å². The van der Waals surface area contributed by atoms with Crippen molar-refractivity contribution in [1.29, 1.82) is 0 Å². The number of benzene rings is 3. The van der Waals surface area contributed by atoms with Crippen molar-refractivity contribution >= 4 is 41.5 Å². The highest BCUT2D eigenvalue weighted by Gasteiger charge is 2.78. The van der Waals surface area contributed by atoms with E-state index in [-0.39, 0.29) is 37.4 Å². The van der Waals surface area contributed by atoms with E-state index in [2.05, 4.69) is 0 Å². The van der Waals surface area contributed by atoms with Crippen LogP contribution in [-0.2, 0) is 59.0 Å². The predicted octanol–water partition coefficient (Wildman–Crippen LogP) is 6.09. The van der Waals surface area contributed by atoms with E-state index in [0.717, 1.165) is 12.5 Å². The molecule has 1 aliphatic heterocycles. The molecule has 4 aliphatic rings. The number of rotatable bonds is 12. The van der Waals surface area contributed by atoms with Crippen molar-refractivity contribution in [2.24, 2.45) is 16.7 Å². The van der Waals surface area contributed by atoms with Gasteiger partial charge in [0.05, 0.1) is 31.8 Å². The molecule has 338 valence electrons. The third-order valence-corrected chi connectivity index (χ3v) is 13.7. The molecule has 0 unspecified atom stereocenters. The van der Waals surface area contributed by atoms with Crippen molar-refractivity contribution < 1.29 is 67.0 Å². The smallest absolute Gasteiger partial charge is 0.331 e. The Morgan fingerprint density at radius 2 is 1.53 bits per heavy atom. The van der Waals surface area contributed by atoms with Gasteiger partial charge in [-0.3, -0.25) is 24.0 Å². The van der Waals surface area contributed by atoms with Crippen LogP contribution < -0.4 is 4.74 Å². The van der Waals surface area contributed by atoms with E-state index in [9.17, 15) is 29.1 Å². The maximum absolute atomic E-state index is 15.9. The summed E-state index contributed by atoms with van der Waals surface area (Å²) in [6.07, 6.45) is -4.18. The molecule has 0 spiro atoms. The average Bonchev–Trinajstić information content (AvgIpc) is 3.25. The molecule has 64 heavy (non-hydrogen) atoms. The Kier molecular flexibility index (Phi) is 12.6. The first-order valence-corrected chi connectivity index (χ1v) is 21.2. The molecular formula is C50H54O14. The lowest BCUT2D eigenvalue weighted by atomic mass is 9.44. The van der Waals surface area contributed by atoms with Crippen molar-refractivity contribution in [2.75, 3.05) is 13.7 Å². The van der Waals surface area contributed by atoms with Gasteiger partial charge in [0, 0.05) is 62.1 Å². The van der Waals surface area contributed by atoms with E-state index >= 15 is 4.79 Å². The fourth-order valence-corrected chi connectivity index (χ4v) is 10.5. The highest BCUT2D eigenvalue weighted by molar-refractivity contribution is 6.09. The summed E-state index contributed by atoms with van der Waals surface area (Å²) in [6.45, 7) is 9.96. The number of hydrogen-bond donors (Lipinski definition) is 1. The summed E-state index contributed by atoms with van der Waals surface area (Å²) in [5.41, 5.74) is -4.38. The van der Waals surface area contributed by atoms with Gasteiger partial charge in [-0.1, -0.05) is 62.4 Å². The summed E-state index contributed by atoms with van der Waals surface area (Å²) in [5.74, 6) is -4.70. The lowest BCUT2D eigenvalue weighted by molar-refractivity contribution is -0.352. The Morgan fingerprint density at radius 3 is 2.14 bits per heavy atom. The Labute approximate surface area is 371 Å². The normalized spacial score (nSPS) is 30.4. The van der Waals surface area contributed by atoms with Crippen LogP contribution in [0.15, 0.2) is 96.1 Å². The molecule has 9 atom stereocenters. The van der Waals surface area contributed by atoms with Gasteiger partial charge in [-0.05, 0) is 72.5 Å². The Hall–Kier alpha value is -5.96. The molecule has 0 aromatic heterocycles. The van der Waals surface area contributed by atoms with Gasteiger partial charge >= 0.3 is 23.9 Å². The van der Waals surface area contributed by atoms with Gasteiger partial charge in [0.15, 0.2) is 23.3 Å². The van der Waals surface area contributed by atoms with Crippen molar-refractivity contribution in [3.8, 4) is 5.75 Å². The molecule has 14 nitrogen and oxygen atoms in total. The predicted molar refractivity (Wildman–Crippen MR) is 229 cm³/mol. The lowest BCUT2D eigenvalue weighted by Crippen LogP contribution is -2.82. The summed E-state index contributed by atoms with van der Waals surface area (Å²) in [6, 6.07) is 22.5.